The summed E-state index contributed by atoms with van der Waals surface area (Å²) in [6.07, 6.45) is 1.12. The van der Waals surface area contributed by atoms with E-state index < -0.39 is 0 Å². The van der Waals surface area contributed by atoms with E-state index >= 15 is 0 Å². The lowest BCUT2D eigenvalue weighted by Gasteiger charge is -2.11. The van der Waals surface area contributed by atoms with Crippen LogP contribution in [-0.4, -0.2) is 11.9 Å². The number of hydrogen-bond donors (Lipinski definition) is 3. The number of guanidine groups is 1. The highest BCUT2D eigenvalue weighted by molar-refractivity contribution is 5.92. The number of nitrogens with two attached hydrogens (primary N) is 1. The molecule has 1 atom stereocenters. The van der Waals surface area contributed by atoms with Crippen LogP contribution in [0.1, 0.15) is 51.2 Å². The molecule has 144 valence electrons. The Morgan fingerprint density at radius 2 is 1.52 bits per heavy atom. The summed E-state index contributed by atoms with van der Waals surface area (Å²) in [5.41, 5.74) is 10.0. The number of rotatable bonds is 7. The van der Waals surface area contributed by atoms with E-state index in [1.54, 1.807) is 0 Å². The first kappa shape index (κ1) is 20.5. The predicted octanol–water partition coefficient (Wildman–Crippen LogP) is 4.72. The molecule has 1 amide bonds. The van der Waals surface area contributed by atoms with Gasteiger partial charge in [0.15, 0.2) is 5.96 Å². The van der Waals surface area contributed by atoms with E-state index in [4.69, 9.17) is 5.73 Å². The van der Waals surface area contributed by atoms with E-state index in [1.165, 1.54) is 5.56 Å². The minimum Gasteiger partial charge on any atom is -0.370 e. The molecule has 2 rings (SSSR count). The van der Waals surface area contributed by atoms with Crippen molar-refractivity contribution in [2.45, 2.75) is 46.6 Å². The normalized spacial score (nSPS) is 12.7. The molecule has 5 nitrogen and oxygen atoms in total. The average molecular weight is 367 g/mol. The summed E-state index contributed by atoms with van der Waals surface area (Å²) < 4.78 is 0. The van der Waals surface area contributed by atoms with Crippen LogP contribution < -0.4 is 16.4 Å². The summed E-state index contributed by atoms with van der Waals surface area (Å²) in [7, 11) is 0. The third kappa shape index (κ3) is 6.44. The average Bonchev–Trinajstić information content (AvgIpc) is 2.67. The molecule has 0 fully saturated rings. The van der Waals surface area contributed by atoms with Gasteiger partial charge in [-0.25, -0.2) is 4.99 Å². The lowest BCUT2D eigenvalue weighted by atomic mass is 9.99. The molecular weight excluding hydrogens is 336 g/mol. The van der Waals surface area contributed by atoms with Gasteiger partial charge in [0, 0.05) is 17.3 Å². The van der Waals surface area contributed by atoms with E-state index in [0.717, 1.165) is 23.4 Å². The van der Waals surface area contributed by atoms with Gasteiger partial charge >= 0.3 is 0 Å². The number of carbonyl (C=O) groups is 1. The molecule has 1 unspecified atom stereocenters. The Hall–Kier alpha value is -2.82. The molecule has 2 aromatic carbocycles. The fourth-order valence-corrected chi connectivity index (χ4v) is 2.47. The maximum Gasteiger partial charge on any atom is 0.226 e. The fourth-order valence-electron chi connectivity index (χ4n) is 2.47. The number of nitrogens with one attached hydrogen (secondary N) is 2. The van der Waals surface area contributed by atoms with Crippen molar-refractivity contribution >= 4 is 23.2 Å². The monoisotopic (exact) mass is 366 g/mol. The van der Waals surface area contributed by atoms with Gasteiger partial charge in [-0.05, 0) is 47.7 Å². The van der Waals surface area contributed by atoms with Crippen LogP contribution in [0.25, 0.3) is 0 Å². The minimum absolute atomic E-state index is 0.00793. The van der Waals surface area contributed by atoms with Crippen LogP contribution >= 0.6 is 0 Å². The Balaban J connectivity index is 1.90. The summed E-state index contributed by atoms with van der Waals surface area (Å²) in [6.45, 7) is 8.62. The maximum atomic E-state index is 11.7. The molecule has 0 aromatic heterocycles. The highest BCUT2D eigenvalue weighted by atomic mass is 16.1. The Bertz CT molecular complexity index is 764. The van der Waals surface area contributed by atoms with Gasteiger partial charge in [-0.2, -0.15) is 0 Å². The second-order valence-corrected chi connectivity index (χ2v) is 7.10. The summed E-state index contributed by atoms with van der Waals surface area (Å²) in [6, 6.07) is 15.9. The Morgan fingerprint density at radius 1 is 0.963 bits per heavy atom. The van der Waals surface area contributed by atoms with Gasteiger partial charge < -0.3 is 16.4 Å². The second kappa shape index (κ2) is 9.76. The van der Waals surface area contributed by atoms with Crippen molar-refractivity contribution in [1.29, 1.82) is 0 Å². The van der Waals surface area contributed by atoms with Crippen LogP contribution in [0.3, 0.4) is 0 Å². The van der Waals surface area contributed by atoms with Gasteiger partial charge in [0.25, 0.3) is 0 Å². The first-order valence-electron chi connectivity index (χ1n) is 9.45. The Morgan fingerprint density at radius 3 is 2.07 bits per heavy atom. The fraction of sp³-hybridized carbons (Fsp3) is 0.364. The van der Waals surface area contributed by atoms with Gasteiger partial charge in [0.2, 0.25) is 5.91 Å². The molecule has 4 N–H and O–H groups in total. The molecule has 2 aromatic rings. The van der Waals surface area contributed by atoms with Crippen molar-refractivity contribution in [1.82, 2.24) is 0 Å². The second-order valence-electron chi connectivity index (χ2n) is 7.10. The zero-order valence-corrected chi connectivity index (χ0v) is 16.6. The molecule has 5 heteroatoms. The van der Waals surface area contributed by atoms with Crippen molar-refractivity contribution in [3.8, 4) is 0 Å². The maximum absolute atomic E-state index is 11.7. The third-order valence-electron chi connectivity index (χ3n) is 4.54. The lowest BCUT2D eigenvalue weighted by Crippen LogP contribution is -2.22. The molecule has 0 aliphatic rings. The van der Waals surface area contributed by atoms with Crippen LogP contribution in [0.5, 0.6) is 0 Å². The molecule has 0 saturated heterocycles. The number of benzene rings is 2. The number of hydrogen-bond acceptors (Lipinski definition) is 2. The highest BCUT2D eigenvalue weighted by Gasteiger charge is 2.06. The molecule has 0 spiro atoms. The van der Waals surface area contributed by atoms with Crippen molar-refractivity contribution < 1.29 is 4.79 Å². The van der Waals surface area contributed by atoms with Crippen molar-refractivity contribution in [2.24, 2.45) is 16.6 Å². The van der Waals surface area contributed by atoms with Crippen LogP contribution in [0.2, 0.25) is 0 Å². The van der Waals surface area contributed by atoms with Crippen molar-refractivity contribution in [2.75, 3.05) is 10.6 Å². The first-order chi connectivity index (χ1) is 12.9. The predicted molar refractivity (Wildman–Crippen MR) is 114 cm³/mol. The van der Waals surface area contributed by atoms with Gasteiger partial charge in [0.1, 0.15) is 0 Å². The van der Waals surface area contributed by atoms with Crippen LogP contribution in [0.15, 0.2) is 53.5 Å². The standard InChI is InChI=1S/C22H30N4O/c1-5-16(4)18-8-12-20(13-9-18)26-22(23)24-14-17-6-10-19(11-7-17)25-21(27)15(2)3/h6-13,15-16H,5,14H2,1-4H3,(H,25,27)(H3,23,24,26). The van der Waals surface area contributed by atoms with E-state index in [0.29, 0.717) is 18.4 Å². The molecular formula is C22H30N4O. The summed E-state index contributed by atoms with van der Waals surface area (Å²) >= 11 is 0. The Labute approximate surface area is 162 Å². The molecule has 0 radical (unpaired) electrons. The van der Waals surface area contributed by atoms with Gasteiger partial charge in [0.05, 0.1) is 6.54 Å². The topological polar surface area (TPSA) is 79.5 Å². The zero-order chi connectivity index (χ0) is 19.8. The highest BCUT2D eigenvalue weighted by Crippen LogP contribution is 2.20. The smallest absolute Gasteiger partial charge is 0.226 e. The van der Waals surface area contributed by atoms with Gasteiger partial charge in [-0.15, -0.1) is 0 Å². The van der Waals surface area contributed by atoms with Gasteiger partial charge in [-0.3, -0.25) is 4.79 Å². The SMILES string of the molecule is CCC(C)c1ccc(NC(N)=NCc2ccc(NC(=O)C(C)C)cc2)cc1. The van der Waals surface area contributed by atoms with E-state index in [1.807, 2.05) is 50.2 Å². The molecule has 0 saturated carbocycles. The molecule has 0 aliphatic heterocycles. The third-order valence-corrected chi connectivity index (χ3v) is 4.54. The first-order valence-corrected chi connectivity index (χ1v) is 9.45. The van der Waals surface area contributed by atoms with Crippen molar-refractivity contribution in [3.05, 3.63) is 59.7 Å². The van der Waals surface area contributed by atoms with Crippen LogP contribution in [0, 0.1) is 5.92 Å². The minimum atomic E-state index is -0.0422. The quantitative estimate of drug-likeness (QED) is 0.490. The number of anilines is 2. The van der Waals surface area contributed by atoms with E-state index in [-0.39, 0.29) is 11.8 Å². The number of amides is 1. The lowest BCUT2D eigenvalue weighted by molar-refractivity contribution is -0.118. The summed E-state index contributed by atoms with van der Waals surface area (Å²) in [5.74, 6) is 0.898. The summed E-state index contributed by atoms with van der Waals surface area (Å²) in [5, 5.41) is 5.99. The number of carbonyl (C=O) groups excluding carboxylic acids is 1. The number of nitrogens with zero attached hydrogens (tertiary/aromatic N) is 1. The zero-order valence-electron chi connectivity index (χ0n) is 16.6. The molecule has 0 bridgehead atoms. The van der Waals surface area contributed by atoms with E-state index in [2.05, 4.69) is 41.6 Å². The number of aliphatic imine (C=N–C) groups is 1. The largest absolute Gasteiger partial charge is 0.370 e. The van der Waals surface area contributed by atoms with Crippen LogP contribution in [0.4, 0.5) is 11.4 Å². The van der Waals surface area contributed by atoms with Crippen LogP contribution in [-0.2, 0) is 11.3 Å². The van der Waals surface area contributed by atoms with Gasteiger partial charge in [-0.1, -0.05) is 52.0 Å². The van der Waals surface area contributed by atoms with E-state index in [9.17, 15) is 4.79 Å². The molecule has 27 heavy (non-hydrogen) atoms. The van der Waals surface area contributed by atoms with Crippen molar-refractivity contribution in [3.63, 3.8) is 0 Å². The summed E-state index contributed by atoms with van der Waals surface area (Å²) in [4.78, 5) is 16.1. The Kier molecular flexibility index (Phi) is 7.41. The molecule has 0 aliphatic carbocycles. The molecule has 0 heterocycles.